The molecule has 3 heteroatoms. The van der Waals surface area contributed by atoms with Crippen molar-refractivity contribution in [1.82, 2.24) is 10.3 Å². The van der Waals surface area contributed by atoms with Crippen LogP contribution in [0.1, 0.15) is 34.7 Å². The van der Waals surface area contributed by atoms with Crippen molar-refractivity contribution in [1.29, 1.82) is 0 Å². The van der Waals surface area contributed by atoms with Crippen molar-refractivity contribution in [3.05, 3.63) is 52.0 Å². The molecule has 0 fully saturated rings. The Kier molecular flexibility index (Phi) is 4.29. The van der Waals surface area contributed by atoms with E-state index < -0.39 is 0 Å². The van der Waals surface area contributed by atoms with E-state index in [1.54, 1.807) is 0 Å². The average Bonchev–Trinajstić information content (AvgIpc) is 2.78. The van der Waals surface area contributed by atoms with Crippen LogP contribution < -0.4 is 5.32 Å². The lowest BCUT2D eigenvalue weighted by Gasteiger charge is -2.17. The highest BCUT2D eigenvalue weighted by molar-refractivity contribution is 7.12. The third-order valence-electron chi connectivity index (χ3n) is 2.66. The molecule has 2 nitrogen and oxygen atoms in total. The van der Waals surface area contributed by atoms with E-state index in [2.05, 4.69) is 42.3 Å². The summed E-state index contributed by atoms with van der Waals surface area (Å²) in [5, 5.41) is 3.59. The van der Waals surface area contributed by atoms with Crippen molar-refractivity contribution in [3.63, 3.8) is 0 Å². The van der Waals surface area contributed by atoms with Gasteiger partial charge in [0.2, 0.25) is 0 Å². The number of hydrogen-bond acceptors (Lipinski definition) is 3. The molecule has 0 aliphatic carbocycles. The first kappa shape index (κ1) is 12.3. The molecule has 0 aliphatic heterocycles. The third kappa shape index (κ3) is 3.14. The Bertz CT molecular complexity index is 450. The van der Waals surface area contributed by atoms with Crippen LogP contribution >= 0.6 is 11.3 Å². The second-order valence-electron chi connectivity index (χ2n) is 4.12. The Morgan fingerprint density at radius 1 is 1.35 bits per heavy atom. The molecule has 2 rings (SSSR count). The molecule has 1 N–H and O–H groups in total. The van der Waals surface area contributed by atoms with E-state index in [9.17, 15) is 0 Å². The summed E-state index contributed by atoms with van der Waals surface area (Å²) in [7, 11) is 0. The van der Waals surface area contributed by atoms with Crippen LogP contribution in [0.2, 0.25) is 0 Å². The maximum absolute atomic E-state index is 4.21. The van der Waals surface area contributed by atoms with Gasteiger partial charge in [0, 0.05) is 22.1 Å². The summed E-state index contributed by atoms with van der Waals surface area (Å²) in [6, 6.07) is 8.80. The van der Waals surface area contributed by atoms with Crippen molar-refractivity contribution >= 4 is 11.3 Å². The number of rotatable bonds is 5. The summed E-state index contributed by atoms with van der Waals surface area (Å²) in [5.74, 6) is 0. The van der Waals surface area contributed by atoms with Crippen molar-refractivity contribution in [2.75, 3.05) is 6.54 Å². The minimum Gasteiger partial charge on any atom is -0.306 e. The fraction of sp³-hybridized carbons (Fsp3) is 0.357. The molecular weight excluding hydrogens is 228 g/mol. The molecule has 17 heavy (non-hydrogen) atoms. The minimum atomic E-state index is 0.280. The van der Waals surface area contributed by atoms with Crippen LogP contribution in [-0.4, -0.2) is 11.5 Å². The third-order valence-corrected chi connectivity index (χ3v) is 3.73. The first-order chi connectivity index (χ1) is 8.31. The van der Waals surface area contributed by atoms with Crippen LogP contribution in [0, 0.1) is 6.92 Å². The van der Waals surface area contributed by atoms with Gasteiger partial charge in [-0.2, -0.15) is 0 Å². The summed E-state index contributed by atoms with van der Waals surface area (Å²) < 4.78 is 0. The van der Waals surface area contributed by atoms with Crippen LogP contribution in [0.25, 0.3) is 0 Å². The van der Waals surface area contributed by atoms with E-state index >= 15 is 0 Å². The summed E-state index contributed by atoms with van der Waals surface area (Å²) in [6.45, 7) is 5.36. The second kappa shape index (κ2) is 5.94. The van der Waals surface area contributed by atoms with Gasteiger partial charge < -0.3 is 5.32 Å². The van der Waals surface area contributed by atoms with Crippen molar-refractivity contribution in [2.24, 2.45) is 0 Å². The summed E-state index contributed by atoms with van der Waals surface area (Å²) in [6.07, 6.45) is 4.91. The standard InChI is InChI=1S/C14H18N2S/c1-3-8-16-14(12-5-4-9-15-10-12)13-7-6-11(2)17-13/h4-7,9-10,14,16H,3,8H2,1-2H3. The summed E-state index contributed by atoms with van der Waals surface area (Å²) in [5.41, 5.74) is 1.24. The second-order valence-corrected chi connectivity index (χ2v) is 5.44. The lowest BCUT2D eigenvalue weighted by atomic mass is 10.1. The lowest BCUT2D eigenvalue weighted by Crippen LogP contribution is -2.22. The summed E-state index contributed by atoms with van der Waals surface area (Å²) >= 11 is 1.85. The maximum Gasteiger partial charge on any atom is 0.0686 e. The van der Waals surface area contributed by atoms with E-state index in [0.29, 0.717) is 0 Å². The predicted molar refractivity (Wildman–Crippen MR) is 73.4 cm³/mol. The van der Waals surface area contributed by atoms with Crippen LogP contribution in [-0.2, 0) is 0 Å². The molecule has 2 aromatic heterocycles. The molecule has 0 bridgehead atoms. The van der Waals surface area contributed by atoms with Crippen LogP contribution in [0.5, 0.6) is 0 Å². The van der Waals surface area contributed by atoms with Gasteiger partial charge in [0.1, 0.15) is 0 Å². The number of nitrogens with zero attached hydrogens (tertiary/aromatic N) is 1. The monoisotopic (exact) mass is 246 g/mol. The fourth-order valence-electron chi connectivity index (χ4n) is 1.83. The van der Waals surface area contributed by atoms with E-state index in [-0.39, 0.29) is 6.04 Å². The summed E-state index contributed by atoms with van der Waals surface area (Å²) in [4.78, 5) is 6.93. The molecule has 0 aliphatic rings. The topological polar surface area (TPSA) is 24.9 Å². The number of hydrogen-bond donors (Lipinski definition) is 1. The molecule has 2 heterocycles. The Hall–Kier alpha value is -1.19. The molecule has 2 aromatic rings. The zero-order valence-corrected chi connectivity index (χ0v) is 11.1. The van der Waals surface area contributed by atoms with E-state index in [4.69, 9.17) is 0 Å². The highest BCUT2D eigenvalue weighted by atomic mass is 32.1. The zero-order chi connectivity index (χ0) is 12.1. The van der Waals surface area contributed by atoms with Gasteiger partial charge in [0.15, 0.2) is 0 Å². The first-order valence-electron chi connectivity index (χ1n) is 6.01. The highest BCUT2D eigenvalue weighted by Crippen LogP contribution is 2.27. The minimum absolute atomic E-state index is 0.280. The number of thiophene rings is 1. The van der Waals surface area contributed by atoms with E-state index in [1.165, 1.54) is 15.3 Å². The Labute approximate surface area is 107 Å². The van der Waals surface area contributed by atoms with Gasteiger partial charge in [-0.05, 0) is 43.7 Å². The normalized spacial score (nSPS) is 12.6. The Morgan fingerprint density at radius 3 is 2.82 bits per heavy atom. The Morgan fingerprint density at radius 2 is 2.24 bits per heavy atom. The van der Waals surface area contributed by atoms with Gasteiger partial charge in [-0.15, -0.1) is 11.3 Å². The molecule has 0 radical (unpaired) electrons. The highest BCUT2D eigenvalue weighted by Gasteiger charge is 2.14. The average molecular weight is 246 g/mol. The molecule has 0 aromatic carbocycles. The molecule has 90 valence electrons. The zero-order valence-electron chi connectivity index (χ0n) is 10.3. The molecule has 0 saturated carbocycles. The molecule has 0 amide bonds. The quantitative estimate of drug-likeness (QED) is 0.873. The molecule has 1 unspecified atom stereocenters. The van der Waals surface area contributed by atoms with Crippen molar-refractivity contribution in [2.45, 2.75) is 26.3 Å². The fourth-order valence-corrected chi connectivity index (χ4v) is 2.81. The lowest BCUT2D eigenvalue weighted by molar-refractivity contribution is 0.604. The molecular formula is C14H18N2S. The van der Waals surface area contributed by atoms with Gasteiger partial charge >= 0.3 is 0 Å². The number of pyridine rings is 1. The Balaban J connectivity index is 2.25. The van der Waals surface area contributed by atoms with Gasteiger partial charge in [0.25, 0.3) is 0 Å². The number of nitrogens with one attached hydrogen (secondary N) is 1. The smallest absolute Gasteiger partial charge is 0.0686 e. The van der Waals surface area contributed by atoms with Crippen molar-refractivity contribution < 1.29 is 0 Å². The van der Waals surface area contributed by atoms with Crippen LogP contribution in [0.15, 0.2) is 36.7 Å². The largest absolute Gasteiger partial charge is 0.306 e. The van der Waals surface area contributed by atoms with Gasteiger partial charge in [-0.1, -0.05) is 13.0 Å². The van der Waals surface area contributed by atoms with E-state index in [1.807, 2.05) is 29.8 Å². The van der Waals surface area contributed by atoms with Crippen LogP contribution in [0.4, 0.5) is 0 Å². The van der Waals surface area contributed by atoms with Gasteiger partial charge in [0.05, 0.1) is 6.04 Å². The SMILES string of the molecule is CCCNC(c1cccnc1)c1ccc(C)s1. The maximum atomic E-state index is 4.21. The number of aromatic nitrogens is 1. The first-order valence-corrected chi connectivity index (χ1v) is 6.82. The van der Waals surface area contributed by atoms with Gasteiger partial charge in [-0.3, -0.25) is 4.98 Å². The molecule has 1 atom stereocenters. The molecule has 0 spiro atoms. The van der Waals surface area contributed by atoms with E-state index in [0.717, 1.165) is 13.0 Å². The number of aryl methyl sites for hydroxylation is 1. The van der Waals surface area contributed by atoms with Crippen molar-refractivity contribution in [3.8, 4) is 0 Å². The van der Waals surface area contributed by atoms with Gasteiger partial charge in [-0.25, -0.2) is 0 Å². The molecule has 0 saturated heterocycles. The van der Waals surface area contributed by atoms with Crippen LogP contribution in [0.3, 0.4) is 0 Å². The predicted octanol–water partition coefficient (Wildman–Crippen LogP) is 3.54.